The molecule has 0 fully saturated rings. The number of hydrogen-bond acceptors (Lipinski definition) is 3. The molecule has 4 rings (SSSR count). The lowest BCUT2D eigenvalue weighted by molar-refractivity contribution is -0.141. The zero-order chi connectivity index (χ0) is 25.5. The monoisotopic (exact) mass is 505 g/mol. The van der Waals surface area contributed by atoms with Crippen molar-refractivity contribution >= 4 is 26.6 Å². The molecular weight excluding hydrogens is 482 g/mol. The number of alkyl halides is 3. The third kappa shape index (κ3) is 5.02. The molecule has 4 aromatic rings. The van der Waals surface area contributed by atoms with Gasteiger partial charge in [0.25, 0.3) is 0 Å². The summed E-state index contributed by atoms with van der Waals surface area (Å²) in [5.41, 5.74) is 0.639. The summed E-state index contributed by atoms with van der Waals surface area (Å²) in [5.74, 6) is -0.714. The Balaban J connectivity index is 1.89. The highest BCUT2D eigenvalue weighted by Gasteiger charge is 2.34. The van der Waals surface area contributed by atoms with Crippen LogP contribution in [0.25, 0.3) is 22.2 Å². The summed E-state index contributed by atoms with van der Waals surface area (Å²) in [6.07, 6.45) is -2.13. The molecule has 0 amide bonds. The Bertz CT molecular complexity index is 1490. The quantitative estimate of drug-likeness (QED) is 0.305. The molecule has 10 heteroatoms. The van der Waals surface area contributed by atoms with E-state index in [4.69, 9.17) is 0 Å². The molecule has 1 N–H and O–H groups in total. The van der Waals surface area contributed by atoms with Gasteiger partial charge in [0.1, 0.15) is 11.5 Å². The zero-order valence-corrected chi connectivity index (χ0v) is 20.0. The largest absolute Gasteiger partial charge is 0.433 e. The molecule has 0 radical (unpaired) electrons. The van der Waals surface area contributed by atoms with Crippen molar-refractivity contribution in [2.75, 3.05) is 10.6 Å². The van der Waals surface area contributed by atoms with Crippen molar-refractivity contribution in [3.8, 4) is 11.3 Å². The first-order valence-corrected chi connectivity index (χ1v) is 12.6. The van der Waals surface area contributed by atoms with Gasteiger partial charge in [0.15, 0.2) is 0 Å². The molecular formula is C25H23F4N3O2S. The number of sulfonamides is 1. The van der Waals surface area contributed by atoms with E-state index in [1.807, 2.05) is 13.8 Å². The van der Waals surface area contributed by atoms with Crippen LogP contribution >= 0.6 is 0 Å². The first-order chi connectivity index (χ1) is 16.4. The van der Waals surface area contributed by atoms with Crippen molar-refractivity contribution in [3.05, 3.63) is 83.4 Å². The highest BCUT2D eigenvalue weighted by atomic mass is 32.2. The van der Waals surface area contributed by atoms with Gasteiger partial charge in [-0.1, -0.05) is 38.1 Å². The summed E-state index contributed by atoms with van der Waals surface area (Å²) in [7, 11) is -4.00. The van der Waals surface area contributed by atoms with Crippen LogP contribution < -0.4 is 4.31 Å². The maximum atomic E-state index is 15.0. The van der Waals surface area contributed by atoms with Gasteiger partial charge in [-0.3, -0.25) is 4.31 Å². The van der Waals surface area contributed by atoms with Crippen molar-refractivity contribution in [2.24, 2.45) is 0 Å². The van der Waals surface area contributed by atoms with Crippen LogP contribution in [-0.2, 0) is 22.7 Å². The second-order valence-corrected chi connectivity index (χ2v) is 10.5. The van der Waals surface area contributed by atoms with Crippen LogP contribution in [0.4, 0.5) is 23.2 Å². The Kier molecular flexibility index (Phi) is 6.35. The fraction of sp³-hybridized carbons (Fsp3) is 0.240. The first-order valence-electron chi connectivity index (χ1n) is 10.8. The van der Waals surface area contributed by atoms with Crippen LogP contribution in [-0.4, -0.2) is 24.6 Å². The Hall–Kier alpha value is -3.40. The van der Waals surface area contributed by atoms with E-state index < -0.39 is 34.3 Å². The van der Waals surface area contributed by atoms with Crippen molar-refractivity contribution in [2.45, 2.75) is 32.5 Å². The molecule has 2 aromatic heterocycles. The number of H-pyrrole nitrogens is 1. The molecule has 0 aliphatic carbocycles. The number of nitrogens with zero attached hydrogens (tertiary/aromatic N) is 2. The van der Waals surface area contributed by atoms with E-state index >= 15 is 4.39 Å². The van der Waals surface area contributed by atoms with Crippen molar-refractivity contribution < 1.29 is 26.0 Å². The summed E-state index contributed by atoms with van der Waals surface area (Å²) < 4.78 is 81.8. The van der Waals surface area contributed by atoms with E-state index in [1.165, 1.54) is 18.2 Å². The second-order valence-electron chi connectivity index (χ2n) is 8.58. The fourth-order valence-electron chi connectivity index (χ4n) is 3.92. The van der Waals surface area contributed by atoms with Gasteiger partial charge < -0.3 is 4.98 Å². The molecule has 0 aliphatic heterocycles. The van der Waals surface area contributed by atoms with Gasteiger partial charge in [0, 0.05) is 22.7 Å². The lowest BCUT2D eigenvalue weighted by atomic mass is 10.0. The summed E-state index contributed by atoms with van der Waals surface area (Å²) in [6.45, 7) is 3.35. The summed E-state index contributed by atoms with van der Waals surface area (Å²) in [6, 6.07) is 13.0. The van der Waals surface area contributed by atoms with Gasteiger partial charge in [0.2, 0.25) is 10.0 Å². The Morgan fingerprint density at radius 3 is 2.43 bits per heavy atom. The average molecular weight is 506 g/mol. The molecule has 0 atom stereocenters. The lowest BCUT2D eigenvalue weighted by Crippen LogP contribution is -2.30. The number of benzene rings is 2. The van der Waals surface area contributed by atoms with Crippen LogP contribution in [0.15, 0.2) is 60.8 Å². The van der Waals surface area contributed by atoms with E-state index in [9.17, 15) is 21.6 Å². The Morgan fingerprint density at radius 2 is 1.80 bits per heavy atom. The first kappa shape index (κ1) is 24.7. The third-order valence-electron chi connectivity index (χ3n) is 5.74. The van der Waals surface area contributed by atoms with Crippen LogP contribution in [0.1, 0.15) is 36.6 Å². The fourth-order valence-corrected chi connectivity index (χ4v) is 4.80. The van der Waals surface area contributed by atoms with Crippen molar-refractivity contribution in [1.29, 1.82) is 0 Å². The summed E-state index contributed by atoms with van der Waals surface area (Å²) >= 11 is 0. The van der Waals surface area contributed by atoms with Gasteiger partial charge in [-0.25, -0.2) is 17.8 Å². The molecule has 0 bridgehead atoms. The minimum absolute atomic E-state index is 0.0257. The predicted octanol–water partition coefficient (Wildman–Crippen LogP) is 6.48. The molecule has 2 heterocycles. The molecule has 0 spiro atoms. The van der Waals surface area contributed by atoms with E-state index in [1.54, 1.807) is 36.5 Å². The van der Waals surface area contributed by atoms with Crippen molar-refractivity contribution in [3.63, 3.8) is 0 Å². The molecule has 0 unspecified atom stereocenters. The van der Waals surface area contributed by atoms with Crippen LogP contribution in [0.3, 0.4) is 0 Å². The number of rotatable bonds is 6. The lowest BCUT2D eigenvalue weighted by Gasteiger charge is -2.25. The third-order valence-corrected chi connectivity index (χ3v) is 6.87. The molecule has 184 valence electrons. The standard InChI is InChI=1S/C25H23F4N3O2S/c1-15(2)16-7-9-22(20(26)13-16)32(35(3,33)34)14-17-8-10-23(25(27,28)29)31-24(17)19-5-4-6-21-18(19)11-12-30-21/h4-13,15,30H,14H2,1-3H3. The number of fused-ring (bicyclic) bond motifs is 1. The Labute approximate surface area is 200 Å². The Morgan fingerprint density at radius 1 is 1.06 bits per heavy atom. The summed E-state index contributed by atoms with van der Waals surface area (Å²) in [5, 5.41) is 0.624. The van der Waals surface area contributed by atoms with Gasteiger partial charge >= 0.3 is 6.18 Å². The molecule has 0 saturated carbocycles. The number of anilines is 1. The minimum atomic E-state index is -4.70. The number of aromatic amines is 1. The van der Waals surface area contributed by atoms with Gasteiger partial charge in [-0.05, 0) is 47.4 Å². The van der Waals surface area contributed by atoms with E-state index in [0.29, 0.717) is 22.0 Å². The van der Waals surface area contributed by atoms with Crippen molar-refractivity contribution in [1.82, 2.24) is 9.97 Å². The van der Waals surface area contributed by atoms with Crippen LogP contribution in [0, 0.1) is 5.82 Å². The van der Waals surface area contributed by atoms with E-state index in [-0.39, 0.29) is 22.9 Å². The second kappa shape index (κ2) is 8.99. The highest BCUT2D eigenvalue weighted by molar-refractivity contribution is 7.92. The predicted molar refractivity (Wildman–Crippen MR) is 128 cm³/mol. The normalized spacial score (nSPS) is 12.5. The van der Waals surface area contributed by atoms with Gasteiger partial charge in [-0.15, -0.1) is 0 Å². The number of pyridine rings is 1. The number of halogens is 4. The maximum Gasteiger partial charge on any atom is 0.433 e. The zero-order valence-electron chi connectivity index (χ0n) is 19.2. The minimum Gasteiger partial charge on any atom is -0.361 e. The van der Waals surface area contributed by atoms with Gasteiger partial charge in [-0.2, -0.15) is 13.2 Å². The molecule has 0 saturated heterocycles. The van der Waals surface area contributed by atoms with E-state index in [2.05, 4.69) is 9.97 Å². The van der Waals surface area contributed by atoms with Crippen LogP contribution in [0.2, 0.25) is 0 Å². The topological polar surface area (TPSA) is 66.1 Å². The van der Waals surface area contributed by atoms with Gasteiger partial charge in [0.05, 0.1) is 24.2 Å². The SMILES string of the molecule is CC(C)c1ccc(N(Cc2ccc(C(F)(F)F)nc2-c2cccc3[nH]ccc23)S(C)(=O)=O)c(F)c1. The molecule has 0 aliphatic rings. The molecule has 35 heavy (non-hydrogen) atoms. The highest BCUT2D eigenvalue weighted by Crippen LogP contribution is 2.36. The maximum absolute atomic E-state index is 15.0. The molecule has 5 nitrogen and oxygen atoms in total. The average Bonchev–Trinajstić information content (AvgIpc) is 3.25. The van der Waals surface area contributed by atoms with E-state index in [0.717, 1.165) is 16.6 Å². The number of aromatic nitrogens is 2. The smallest absolute Gasteiger partial charge is 0.361 e. The molecule has 2 aromatic carbocycles. The number of nitrogens with one attached hydrogen (secondary N) is 1. The van der Waals surface area contributed by atoms with Crippen LogP contribution in [0.5, 0.6) is 0 Å². The summed E-state index contributed by atoms with van der Waals surface area (Å²) in [4.78, 5) is 6.88. The number of hydrogen-bond donors (Lipinski definition) is 1.